The van der Waals surface area contributed by atoms with Crippen LogP contribution in [0.3, 0.4) is 0 Å². The standard InChI is InChI=1S/C10H14N4OS/c1-6(10(15)12-2)14-7-4-3-5-13-8(7)9(11)16/h3-6,14H,1-2H3,(H2,11,16)(H,12,15). The molecule has 16 heavy (non-hydrogen) atoms. The van der Waals surface area contributed by atoms with Crippen molar-refractivity contribution in [3.05, 3.63) is 24.0 Å². The third-order valence-corrected chi connectivity index (χ3v) is 2.25. The Kier molecular flexibility index (Phi) is 4.19. The molecule has 1 unspecified atom stereocenters. The van der Waals surface area contributed by atoms with Gasteiger partial charge in [-0.15, -0.1) is 0 Å². The molecule has 0 aromatic carbocycles. The topological polar surface area (TPSA) is 80.0 Å². The first kappa shape index (κ1) is 12.4. The van der Waals surface area contributed by atoms with Gasteiger partial charge in [-0.1, -0.05) is 12.2 Å². The summed E-state index contributed by atoms with van der Waals surface area (Å²) in [5.74, 6) is -0.113. The number of thiocarbonyl (C=S) groups is 1. The lowest BCUT2D eigenvalue weighted by Gasteiger charge is -2.15. The zero-order valence-corrected chi connectivity index (χ0v) is 9.97. The minimum absolute atomic E-state index is 0.113. The second-order valence-electron chi connectivity index (χ2n) is 3.24. The van der Waals surface area contributed by atoms with Gasteiger partial charge in [-0.2, -0.15) is 0 Å². The number of carbonyl (C=O) groups excluding carboxylic acids is 1. The summed E-state index contributed by atoms with van der Waals surface area (Å²) in [5, 5.41) is 5.55. The summed E-state index contributed by atoms with van der Waals surface area (Å²) in [4.78, 5) is 15.6. The molecule has 0 radical (unpaired) electrons. The Morgan fingerprint density at radius 2 is 2.31 bits per heavy atom. The maximum absolute atomic E-state index is 11.3. The van der Waals surface area contributed by atoms with E-state index in [0.717, 1.165) is 0 Å². The molecule has 4 N–H and O–H groups in total. The molecule has 1 aromatic heterocycles. The van der Waals surface area contributed by atoms with E-state index in [0.29, 0.717) is 11.4 Å². The maximum Gasteiger partial charge on any atom is 0.241 e. The van der Waals surface area contributed by atoms with E-state index in [1.165, 1.54) is 0 Å². The van der Waals surface area contributed by atoms with Gasteiger partial charge in [0.1, 0.15) is 16.7 Å². The van der Waals surface area contributed by atoms with Gasteiger partial charge in [0.2, 0.25) is 5.91 Å². The second kappa shape index (κ2) is 5.41. The molecular weight excluding hydrogens is 224 g/mol. The number of anilines is 1. The molecule has 5 nitrogen and oxygen atoms in total. The van der Waals surface area contributed by atoms with Crippen molar-refractivity contribution in [2.75, 3.05) is 12.4 Å². The summed E-state index contributed by atoms with van der Waals surface area (Å²) in [6, 6.07) is 3.16. The SMILES string of the molecule is CNC(=O)C(C)Nc1cccnc1C(N)=S. The number of nitrogens with zero attached hydrogens (tertiary/aromatic N) is 1. The van der Waals surface area contributed by atoms with Crippen molar-refractivity contribution in [2.24, 2.45) is 5.73 Å². The molecule has 0 aliphatic heterocycles. The molecule has 1 aromatic rings. The molecule has 1 heterocycles. The number of carbonyl (C=O) groups is 1. The molecule has 0 aliphatic rings. The number of nitrogens with one attached hydrogen (secondary N) is 2. The van der Waals surface area contributed by atoms with E-state index in [4.69, 9.17) is 18.0 Å². The first-order chi connectivity index (χ1) is 7.56. The molecule has 0 fully saturated rings. The highest BCUT2D eigenvalue weighted by Crippen LogP contribution is 2.13. The van der Waals surface area contributed by atoms with Crippen LogP contribution in [0.15, 0.2) is 18.3 Å². The van der Waals surface area contributed by atoms with Crippen LogP contribution in [-0.4, -0.2) is 29.0 Å². The fraction of sp³-hybridized carbons (Fsp3) is 0.300. The molecular formula is C10H14N4OS. The molecule has 0 bridgehead atoms. The molecule has 6 heteroatoms. The van der Waals surface area contributed by atoms with Gasteiger partial charge in [0.25, 0.3) is 0 Å². The van der Waals surface area contributed by atoms with Gasteiger partial charge in [-0.25, -0.2) is 0 Å². The Labute approximate surface area is 99.4 Å². The molecule has 1 amide bonds. The lowest BCUT2D eigenvalue weighted by molar-refractivity contribution is -0.121. The number of pyridine rings is 1. The Bertz CT molecular complexity index is 408. The zero-order valence-electron chi connectivity index (χ0n) is 9.15. The summed E-state index contributed by atoms with van der Waals surface area (Å²) in [7, 11) is 1.58. The minimum atomic E-state index is -0.373. The number of rotatable bonds is 4. The maximum atomic E-state index is 11.3. The van der Waals surface area contributed by atoms with Crippen molar-refractivity contribution in [3.8, 4) is 0 Å². The predicted octanol–water partition coefficient (Wildman–Crippen LogP) is 0.262. The van der Waals surface area contributed by atoms with Gasteiger partial charge in [0.15, 0.2) is 0 Å². The Morgan fingerprint density at radius 3 is 2.88 bits per heavy atom. The number of likely N-dealkylation sites (N-methyl/N-ethyl adjacent to an activating group) is 1. The molecule has 0 spiro atoms. The van der Waals surface area contributed by atoms with Gasteiger partial charge < -0.3 is 16.4 Å². The van der Waals surface area contributed by atoms with Gasteiger partial charge in [0.05, 0.1) is 5.69 Å². The van der Waals surface area contributed by atoms with E-state index in [9.17, 15) is 4.79 Å². The van der Waals surface area contributed by atoms with Gasteiger partial charge in [-0.3, -0.25) is 9.78 Å². The van der Waals surface area contributed by atoms with Gasteiger partial charge in [0, 0.05) is 13.2 Å². The van der Waals surface area contributed by atoms with E-state index in [2.05, 4.69) is 15.6 Å². The summed E-state index contributed by atoms with van der Waals surface area (Å²) in [6.45, 7) is 1.75. The summed E-state index contributed by atoms with van der Waals surface area (Å²) in [6.07, 6.45) is 1.60. The fourth-order valence-corrected chi connectivity index (χ4v) is 1.40. The van der Waals surface area contributed by atoms with Crippen molar-refractivity contribution in [2.45, 2.75) is 13.0 Å². The van der Waals surface area contributed by atoms with E-state index >= 15 is 0 Å². The van der Waals surface area contributed by atoms with Gasteiger partial charge >= 0.3 is 0 Å². The van der Waals surface area contributed by atoms with Crippen LogP contribution in [-0.2, 0) is 4.79 Å². The number of hydrogen-bond acceptors (Lipinski definition) is 4. The number of hydrogen-bond donors (Lipinski definition) is 3. The minimum Gasteiger partial charge on any atom is -0.388 e. The summed E-state index contributed by atoms with van der Waals surface area (Å²) in [5.41, 5.74) is 6.68. The van der Waals surface area contributed by atoms with Crippen LogP contribution in [0.5, 0.6) is 0 Å². The molecule has 86 valence electrons. The van der Waals surface area contributed by atoms with Gasteiger partial charge in [-0.05, 0) is 19.1 Å². The normalized spacial score (nSPS) is 11.6. The van der Waals surface area contributed by atoms with Crippen molar-refractivity contribution < 1.29 is 4.79 Å². The highest BCUT2D eigenvalue weighted by Gasteiger charge is 2.13. The van der Waals surface area contributed by atoms with Crippen molar-refractivity contribution in [1.29, 1.82) is 0 Å². The molecule has 0 saturated heterocycles. The third kappa shape index (κ3) is 2.90. The van der Waals surface area contributed by atoms with Crippen LogP contribution in [0.4, 0.5) is 5.69 Å². The lowest BCUT2D eigenvalue weighted by Crippen LogP contribution is -2.35. The zero-order chi connectivity index (χ0) is 12.1. The smallest absolute Gasteiger partial charge is 0.241 e. The van der Waals surface area contributed by atoms with Crippen molar-refractivity contribution >= 4 is 28.8 Å². The average molecular weight is 238 g/mol. The number of amides is 1. The number of nitrogens with two attached hydrogens (primary N) is 1. The Hall–Kier alpha value is -1.69. The van der Waals surface area contributed by atoms with Crippen molar-refractivity contribution in [3.63, 3.8) is 0 Å². The Balaban J connectivity index is 2.88. The van der Waals surface area contributed by atoms with E-state index in [1.807, 2.05) is 0 Å². The second-order valence-corrected chi connectivity index (χ2v) is 3.68. The van der Waals surface area contributed by atoms with Crippen LogP contribution >= 0.6 is 12.2 Å². The number of aromatic nitrogens is 1. The molecule has 1 atom stereocenters. The monoisotopic (exact) mass is 238 g/mol. The lowest BCUT2D eigenvalue weighted by atomic mass is 10.2. The first-order valence-corrected chi connectivity index (χ1v) is 5.20. The molecule has 1 rings (SSSR count). The molecule has 0 saturated carbocycles. The largest absolute Gasteiger partial charge is 0.388 e. The van der Waals surface area contributed by atoms with Crippen molar-refractivity contribution in [1.82, 2.24) is 10.3 Å². The fourth-order valence-electron chi connectivity index (χ4n) is 1.23. The Morgan fingerprint density at radius 1 is 1.62 bits per heavy atom. The van der Waals surface area contributed by atoms with Crippen LogP contribution in [0, 0.1) is 0 Å². The first-order valence-electron chi connectivity index (χ1n) is 4.79. The quantitative estimate of drug-likeness (QED) is 0.656. The average Bonchev–Trinajstić information content (AvgIpc) is 2.28. The van der Waals surface area contributed by atoms with E-state index < -0.39 is 0 Å². The van der Waals surface area contributed by atoms with E-state index in [-0.39, 0.29) is 16.9 Å². The highest BCUT2D eigenvalue weighted by atomic mass is 32.1. The van der Waals surface area contributed by atoms with Crippen LogP contribution in [0.1, 0.15) is 12.6 Å². The van der Waals surface area contributed by atoms with E-state index in [1.54, 1.807) is 32.3 Å². The third-order valence-electron chi connectivity index (χ3n) is 2.05. The summed E-state index contributed by atoms with van der Waals surface area (Å²) >= 11 is 4.87. The highest BCUT2D eigenvalue weighted by molar-refractivity contribution is 7.80. The van der Waals surface area contributed by atoms with Crippen LogP contribution in [0.25, 0.3) is 0 Å². The van der Waals surface area contributed by atoms with Crippen LogP contribution in [0.2, 0.25) is 0 Å². The van der Waals surface area contributed by atoms with Crippen LogP contribution < -0.4 is 16.4 Å². The summed E-state index contributed by atoms with van der Waals surface area (Å²) < 4.78 is 0. The predicted molar refractivity (Wildman–Crippen MR) is 67.3 cm³/mol. The molecule has 0 aliphatic carbocycles.